The molecule has 0 aromatic heterocycles. The van der Waals surface area contributed by atoms with Gasteiger partial charge in [-0.2, -0.15) is 23.7 Å². The lowest BCUT2D eigenvalue weighted by Crippen LogP contribution is -2.25. The minimum Gasteiger partial charge on any atom is -0.456 e. The molecule has 0 aliphatic carbocycles. The van der Waals surface area contributed by atoms with E-state index in [0.29, 0.717) is 6.07 Å². The maximum Gasteiger partial charge on any atom is 0.501 e. The summed E-state index contributed by atoms with van der Waals surface area (Å²) in [6, 6.07) is 7.10. The summed E-state index contributed by atoms with van der Waals surface area (Å²) in [5.74, 6) is -2.75. The normalized spacial score (nSPS) is 11.4. The van der Waals surface area contributed by atoms with E-state index >= 15 is 0 Å². The largest absolute Gasteiger partial charge is 0.501 e. The lowest BCUT2D eigenvalue weighted by atomic mass is 10.0. The van der Waals surface area contributed by atoms with Gasteiger partial charge in [0.2, 0.25) is 0 Å². The third-order valence-corrected chi connectivity index (χ3v) is 4.94. The first-order valence-electron chi connectivity index (χ1n) is 7.20. The van der Waals surface area contributed by atoms with Crippen LogP contribution >= 0.6 is 0 Å². The van der Waals surface area contributed by atoms with Gasteiger partial charge >= 0.3 is 5.51 Å². The van der Waals surface area contributed by atoms with Gasteiger partial charge in [-0.05, 0) is 31.2 Å². The summed E-state index contributed by atoms with van der Waals surface area (Å²) >= 11 is 0. The van der Waals surface area contributed by atoms with E-state index in [4.69, 9.17) is 10.00 Å². The molecule has 6 nitrogen and oxygen atoms in total. The summed E-state index contributed by atoms with van der Waals surface area (Å²) in [6.45, 7) is 0.783. The summed E-state index contributed by atoms with van der Waals surface area (Å²) < 4.78 is 80.9. The monoisotopic (exact) mass is 412 g/mol. The summed E-state index contributed by atoms with van der Waals surface area (Å²) in [5, 5.41) is 18.1. The molecule has 0 fully saturated rings. The van der Waals surface area contributed by atoms with Gasteiger partial charge in [0.1, 0.15) is 28.9 Å². The summed E-state index contributed by atoms with van der Waals surface area (Å²) in [7, 11) is -5.92. The van der Waals surface area contributed by atoms with Crippen molar-refractivity contribution >= 4 is 15.6 Å². The molecule has 0 amide bonds. The predicted octanol–water partition coefficient (Wildman–Crippen LogP) is 3.86. The Balaban J connectivity index is 2.73. The van der Waals surface area contributed by atoms with Crippen molar-refractivity contribution in [3.63, 3.8) is 0 Å². The summed E-state index contributed by atoms with van der Waals surface area (Å²) in [4.78, 5) is 10.4. The molecule has 0 saturated carbocycles. The van der Waals surface area contributed by atoms with Crippen molar-refractivity contribution in [1.29, 1.82) is 10.5 Å². The van der Waals surface area contributed by atoms with E-state index in [1.54, 1.807) is 6.07 Å². The zero-order valence-corrected chi connectivity index (χ0v) is 14.7. The molecule has 0 aliphatic heterocycles. The topological polar surface area (TPSA) is 108 Å². The van der Waals surface area contributed by atoms with Crippen LogP contribution in [0, 0.1) is 28.5 Å². The highest BCUT2D eigenvalue weighted by atomic mass is 32.2. The fourth-order valence-electron chi connectivity index (χ4n) is 2.27. The Morgan fingerprint density at radius 2 is 1.75 bits per heavy atom. The maximum atomic E-state index is 13.5. The minimum absolute atomic E-state index is 0.142. The lowest BCUT2D eigenvalue weighted by molar-refractivity contribution is -0.0436. The SMILES string of the molecule is CC(=O)c1c(S(=O)(=O)C(F)(F)F)ccc(Oc2cc(F)cc(C#N)c2)c1C#N. The van der Waals surface area contributed by atoms with E-state index in [2.05, 4.69) is 0 Å². The summed E-state index contributed by atoms with van der Waals surface area (Å²) in [5.41, 5.74) is -7.62. The molecule has 144 valence electrons. The Morgan fingerprint density at radius 1 is 1.11 bits per heavy atom. The minimum atomic E-state index is -5.92. The molecule has 0 heterocycles. The van der Waals surface area contributed by atoms with Crippen LogP contribution in [0.4, 0.5) is 17.6 Å². The van der Waals surface area contributed by atoms with Crippen LogP contribution in [0.25, 0.3) is 0 Å². The second-order valence-electron chi connectivity index (χ2n) is 5.32. The molecule has 0 bridgehead atoms. The number of hydrogen-bond acceptors (Lipinski definition) is 6. The number of ether oxygens (including phenoxy) is 1. The average molecular weight is 412 g/mol. The number of alkyl halides is 3. The third kappa shape index (κ3) is 3.80. The first kappa shape index (κ1) is 20.9. The maximum absolute atomic E-state index is 13.5. The van der Waals surface area contributed by atoms with Crippen molar-refractivity contribution in [1.82, 2.24) is 0 Å². The number of carbonyl (C=O) groups is 1. The Hall–Kier alpha value is -3.44. The fraction of sp³-hybridized carbons (Fsp3) is 0.118. The second-order valence-corrected chi connectivity index (χ2v) is 7.23. The van der Waals surface area contributed by atoms with Crippen molar-refractivity contribution in [2.75, 3.05) is 0 Å². The number of sulfone groups is 1. The van der Waals surface area contributed by atoms with E-state index in [1.165, 1.54) is 6.07 Å². The van der Waals surface area contributed by atoms with Crippen LogP contribution in [0.15, 0.2) is 35.2 Å². The highest BCUT2D eigenvalue weighted by molar-refractivity contribution is 7.92. The number of carbonyl (C=O) groups excluding carboxylic acids is 1. The average Bonchev–Trinajstić information content (AvgIpc) is 2.59. The molecule has 0 radical (unpaired) electrons. The number of benzene rings is 2. The molecule has 0 saturated heterocycles. The molecule has 0 N–H and O–H groups in total. The van der Waals surface area contributed by atoms with Crippen molar-refractivity contribution in [2.24, 2.45) is 0 Å². The Bertz CT molecular complexity index is 1160. The van der Waals surface area contributed by atoms with Crippen molar-refractivity contribution in [2.45, 2.75) is 17.3 Å². The first-order valence-corrected chi connectivity index (χ1v) is 8.68. The van der Waals surface area contributed by atoms with Crippen LogP contribution in [-0.4, -0.2) is 19.7 Å². The van der Waals surface area contributed by atoms with Crippen LogP contribution in [0.5, 0.6) is 11.5 Å². The van der Waals surface area contributed by atoms with Crippen molar-refractivity contribution in [3.8, 4) is 23.6 Å². The molecule has 11 heteroatoms. The van der Waals surface area contributed by atoms with Gasteiger partial charge in [-0.3, -0.25) is 4.79 Å². The molecule has 28 heavy (non-hydrogen) atoms. The molecule has 2 rings (SSSR count). The molecular formula is C17H8F4N2O4S. The fourth-order valence-corrected chi connectivity index (χ4v) is 3.28. The zero-order chi connectivity index (χ0) is 21.3. The summed E-state index contributed by atoms with van der Waals surface area (Å²) in [6.07, 6.45) is 0. The Morgan fingerprint density at radius 3 is 2.25 bits per heavy atom. The van der Waals surface area contributed by atoms with Gasteiger partial charge in [0, 0.05) is 6.07 Å². The van der Waals surface area contributed by atoms with Crippen molar-refractivity contribution in [3.05, 3.63) is 52.8 Å². The van der Waals surface area contributed by atoms with Gasteiger partial charge < -0.3 is 4.74 Å². The Kier molecular flexibility index (Phi) is 5.43. The molecule has 0 atom stereocenters. The van der Waals surface area contributed by atoms with Crippen molar-refractivity contribution < 1.29 is 35.5 Å². The van der Waals surface area contributed by atoms with E-state index in [9.17, 15) is 36.0 Å². The quantitative estimate of drug-likeness (QED) is 0.557. The van der Waals surface area contributed by atoms with E-state index in [-0.39, 0.29) is 11.3 Å². The lowest BCUT2D eigenvalue weighted by Gasteiger charge is -2.15. The smallest absolute Gasteiger partial charge is 0.456 e. The van der Waals surface area contributed by atoms with E-state index in [1.807, 2.05) is 0 Å². The van der Waals surface area contributed by atoms with E-state index in [0.717, 1.165) is 31.2 Å². The van der Waals surface area contributed by atoms with Crippen LogP contribution < -0.4 is 4.74 Å². The number of ketones is 1. The number of Topliss-reactive ketones (excluding diaryl/α,β-unsaturated/α-hetero) is 1. The van der Waals surface area contributed by atoms with Crippen LogP contribution in [-0.2, 0) is 9.84 Å². The molecule has 2 aromatic carbocycles. The van der Waals surface area contributed by atoms with Gasteiger partial charge in [0.15, 0.2) is 5.78 Å². The number of rotatable bonds is 4. The van der Waals surface area contributed by atoms with Gasteiger partial charge in [-0.25, -0.2) is 12.8 Å². The highest BCUT2D eigenvalue weighted by Crippen LogP contribution is 2.37. The zero-order valence-electron chi connectivity index (χ0n) is 13.8. The molecule has 0 spiro atoms. The number of nitrogens with zero attached hydrogens (tertiary/aromatic N) is 2. The molecule has 2 aromatic rings. The van der Waals surface area contributed by atoms with Crippen LogP contribution in [0.3, 0.4) is 0 Å². The number of hydrogen-bond donors (Lipinski definition) is 0. The third-order valence-electron chi connectivity index (χ3n) is 3.42. The van der Waals surface area contributed by atoms with Gasteiger partial charge in [-0.1, -0.05) is 0 Å². The van der Waals surface area contributed by atoms with Crippen LogP contribution in [0.1, 0.15) is 28.4 Å². The van der Waals surface area contributed by atoms with E-state index < -0.39 is 48.7 Å². The van der Waals surface area contributed by atoms with Gasteiger partial charge in [0.05, 0.1) is 22.1 Å². The van der Waals surface area contributed by atoms with Gasteiger partial charge in [-0.15, -0.1) is 0 Å². The number of nitriles is 2. The van der Waals surface area contributed by atoms with Crippen LogP contribution in [0.2, 0.25) is 0 Å². The second kappa shape index (κ2) is 7.29. The first-order chi connectivity index (χ1) is 12.9. The molecule has 0 aliphatic rings. The molecular weight excluding hydrogens is 404 g/mol. The standard InChI is InChI=1S/C17H8F4N2O4S/c1-9(24)16-13(8-23)14(2-3-15(16)28(25,26)17(19,20)21)27-12-5-10(7-22)4-11(18)6-12/h2-6H,1H3. The Labute approximate surface area is 156 Å². The highest BCUT2D eigenvalue weighted by Gasteiger charge is 2.48. The van der Waals surface area contributed by atoms with Gasteiger partial charge in [0.25, 0.3) is 9.84 Å². The predicted molar refractivity (Wildman–Crippen MR) is 85.6 cm³/mol. The number of halogens is 4. The molecule has 0 unspecified atom stereocenters.